The van der Waals surface area contributed by atoms with Gasteiger partial charge in [0.25, 0.3) is 0 Å². The molecular weight excluding hydrogens is 210 g/mol. The minimum atomic E-state index is -0.0720. The van der Waals surface area contributed by atoms with Crippen molar-refractivity contribution in [1.82, 2.24) is 4.98 Å². The highest BCUT2D eigenvalue weighted by Gasteiger charge is 2.07. The van der Waals surface area contributed by atoms with Crippen LogP contribution in [0.4, 0.5) is 5.13 Å². The Kier molecular flexibility index (Phi) is 4.51. The molecule has 0 bridgehead atoms. The van der Waals surface area contributed by atoms with Gasteiger partial charge in [-0.25, -0.2) is 4.98 Å². The van der Waals surface area contributed by atoms with Gasteiger partial charge >= 0.3 is 0 Å². The van der Waals surface area contributed by atoms with Gasteiger partial charge in [0.2, 0.25) is 0 Å². The Labute approximate surface area is 93.4 Å². The normalized spacial score (nSPS) is 10.3. The van der Waals surface area contributed by atoms with Gasteiger partial charge in [-0.2, -0.15) is 0 Å². The average Bonchev–Trinajstić information content (AvgIpc) is 2.46. The van der Waals surface area contributed by atoms with Crippen molar-refractivity contribution < 1.29 is 0 Å². The Morgan fingerprint density at radius 3 is 2.87 bits per heavy atom. The van der Waals surface area contributed by atoms with Gasteiger partial charge in [0.1, 0.15) is 0 Å². The van der Waals surface area contributed by atoms with E-state index in [2.05, 4.69) is 10.3 Å². The number of aryl methyl sites for hydroxylation is 2. The first-order valence-corrected chi connectivity index (χ1v) is 5.72. The quantitative estimate of drug-likeness (QED) is 0.343. The SMILES string of the molecule is Cc1sc(NC(=N)N)nc1CCCCN. The third-order valence-electron chi connectivity index (χ3n) is 2.00. The third kappa shape index (κ3) is 3.85. The number of guanidine groups is 1. The van der Waals surface area contributed by atoms with Crippen molar-refractivity contribution in [3.05, 3.63) is 10.6 Å². The lowest BCUT2D eigenvalue weighted by molar-refractivity contribution is 0.733. The molecule has 1 aromatic rings. The summed E-state index contributed by atoms with van der Waals surface area (Å²) in [5, 5.41) is 10.5. The Hall–Kier alpha value is -1.14. The second kappa shape index (κ2) is 5.67. The van der Waals surface area contributed by atoms with E-state index < -0.39 is 0 Å². The summed E-state index contributed by atoms with van der Waals surface area (Å²) in [5.74, 6) is -0.0720. The number of anilines is 1. The number of unbranched alkanes of at least 4 members (excludes halogenated alkanes) is 1. The van der Waals surface area contributed by atoms with Crippen molar-refractivity contribution in [2.75, 3.05) is 11.9 Å². The molecule has 15 heavy (non-hydrogen) atoms. The predicted molar refractivity (Wildman–Crippen MR) is 64.4 cm³/mol. The molecule has 1 aromatic heterocycles. The maximum Gasteiger partial charge on any atom is 0.192 e. The molecule has 0 amide bonds. The maximum absolute atomic E-state index is 7.10. The van der Waals surface area contributed by atoms with Crippen LogP contribution >= 0.6 is 11.3 Å². The second-order valence-electron chi connectivity index (χ2n) is 3.31. The molecule has 0 fully saturated rings. The zero-order valence-corrected chi connectivity index (χ0v) is 9.66. The first-order chi connectivity index (χ1) is 7.13. The summed E-state index contributed by atoms with van der Waals surface area (Å²) in [4.78, 5) is 5.54. The molecule has 6 N–H and O–H groups in total. The number of hydrogen-bond donors (Lipinski definition) is 4. The highest BCUT2D eigenvalue weighted by molar-refractivity contribution is 7.15. The van der Waals surface area contributed by atoms with Crippen LogP contribution in [-0.2, 0) is 6.42 Å². The lowest BCUT2D eigenvalue weighted by atomic mass is 10.2. The molecule has 0 aliphatic heterocycles. The monoisotopic (exact) mass is 227 g/mol. The Balaban J connectivity index is 2.56. The molecule has 0 aromatic carbocycles. The van der Waals surface area contributed by atoms with Crippen molar-refractivity contribution in [3.8, 4) is 0 Å². The van der Waals surface area contributed by atoms with Gasteiger partial charge in [0, 0.05) is 4.88 Å². The van der Waals surface area contributed by atoms with Crippen LogP contribution in [0.25, 0.3) is 0 Å². The van der Waals surface area contributed by atoms with Gasteiger partial charge < -0.3 is 16.8 Å². The number of nitrogens with two attached hydrogens (primary N) is 2. The van der Waals surface area contributed by atoms with Crippen molar-refractivity contribution in [2.24, 2.45) is 11.5 Å². The van der Waals surface area contributed by atoms with Gasteiger partial charge in [-0.1, -0.05) is 0 Å². The molecule has 0 radical (unpaired) electrons. The molecule has 0 atom stereocenters. The van der Waals surface area contributed by atoms with Crippen LogP contribution in [0.15, 0.2) is 0 Å². The first-order valence-electron chi connectivity index (χ1n) is 4.91. The largest absolute Gasteiger partial charge is 0.370 e. The maximum atomic E-state index is 7.10. The van der Waals surface area contributed by atoms with E-state index in [1.165, 1.54) is 16.2 Å². The van der Waals surface area contributed by atoms with Gasteiger partial charge in [-0.15, -0.1) is 11.3 Å². The highest BCUT2D eigenvalue weighted by atomic mass is 32.1. The van der Waals surface area contributed by atoms with Crippen LogP contribution in [0.5, 0.6) is 0 Å². The van der Waals surface area contributed by atoms with Crippen LogP contribution < -0.4 is 16.8 Å². The predicted octanol–water partition coefficient (Wildman–Crippen LogP) is 1.04. The van der Waals surface area contributed by atoms with Crippen LogP contribution in [0.1, 0.15) is 23.4 Å². The van der Waals surface area contributed by atoms with E-state index in [0.29, 0.717) is 5.13 Å². The summed E-state index contributed by atoms with van der Waals surface area (Å²) in [6.45, 7) is 2.75. The highest BCUT2D eigenvalue weighted by Crippen LogP contribution is 2.22. The summed E-state index contributed by atoms with van der Waals surface area (Å²) in [5.41, 5.74) is 11.7. The second-order valence-corrected chi connectivity index (χ2v) is 4.51. The van der Waals surface area contributed by atoms with E-state index in [1.807, 2.05) is 6.92 Å². The molecule has 0 aliphatic rings. The zero-order chi connectivity index (χ0) is 11.3. The van der Waals surface area contributed by atoms with Gasteiger partial charge in [-0.3, -0.25) is 5.41 Å². The summed E-state index contributed by atoms with van der Waals surface area (Å²) in [6.07, 6.45) is 3.02. The van der Waals surface area contributed by atoms with Crippen molar-refractivity contribution >= 4 is 22.4 Å². The lowest BCUT2D eigenvalue weighted by Crippen LogP contribution is -2.20. The molecular formula is C9H17N5S. The van der Waals surface area contributed by atoms with Crippen LogP contribution in [0, 0.1) is 12.3 Å². The first kappa shape index (κ1) is 11.9. The third-order valence-corrected chi connectivity index (χ3v) is 2.93. The molecule has 0 spiro atoms. The summed E-state index contributed by atoms with van der Waals surface area (Å²) < 4.78 is 0. The standard InChI is InChI=1S/C9H17N5S/c1-6-7(4-2-3-5-10)13-9(15-6)14-8(11)12/h2-5,10H2,1H3,(H4,11,12,13,14). The fourth-order valence-electron chi connectivity index (χ4n) is 1.27. The number of hydrogen-bond acceptors (Lipinski definition) is 4. The van der Waals surface area contributed by atoms with E-state index in [1.54, 1.807) is 0 Å². The molecule has 0 saturated heterocycles. The van der Waals surface area contributed by atoms with E-state index >= 15 is 0 Å². The summed E-state index contributed by atoms with van der Waals surface area (Å²) in [7, 11) is 0. The molecule has 0 aliphatic carbocycles. The number of nitrogens with one attached hydrogen (secondary N) is 2. The molecule has 5 nitrogen and oxygen atoms in total. The van der Waals surface area contributed by atoms with Gasteiger partial charge in [0.15, 0.2) is 11.1 Å². The van der Waals surface area contributed by atoms with E-state index in [0.717, 1.165) is 31.5 Å². The average molecular weight is 227 g/mol. The summed E-state index contributed by atoms with van der Waals surface area (Å²) in [6, 6.07) is 0. The van der Waals surface area contributed by atoms with Crippen molar-refractivity contribution in [3.63, 3.8) is 0 Å². The molecule has 0 unspecified atom stereocenters. The fourth-order valence-corrected chi connectivity index (χ4v) is 2.14. The number of nitrogens with zero attached hydrogens (tertiary/aromatic N) is 1. The Bertz CT molecular complexity index is 333. The van der Waals surface area contributed by atoms with Gasteiger partial charge in [-0.05, 0) is 32.7 Å². The Morgan fingerprint density at radius 1 is 1.53 bits per heavy atom. The van der Waals surface area contributed by atoms with Crippen LogP contribution in [0.3, 0.4) is 0 Å². The molecule has 84 valence electrons. The van der Waals surface area contributed by atoms with Crippen molar-refractivity contribution in [2.45, 2.75) is 26.2 Å². The number of aromatic nitrogens is 1. The lowest BCUT2D eigenvalue weighted by Gasteiger charge is -1.97. The van der Waals surface area contributed by atoms with Crippen LogP contribution in [0.2, 0.25) is 0 Å². The van der Waals surface area contributed by atoms with E-state index in [4.69, 9.17) is 16.9 Å². The van der Waals surface area contributed by atoms with E-state index in [-0.39, 0.29) is 5.96 Å². The van der Waals surface area contributed by atoms with Crippen molar-refractivity contribution in [1.29, 1.82) is 5.41 Å². The Morgan fingerprint density at radius 2 is 2.27 bits per heavy atom. The topological polar surface area (TPSA) is 101 Å². The van der Waals surface area contributed by atoms with Crippen LogP contribution in [-0.4, -0.2) is 17.5 Å². The number of thiazole rings is 1. The molecule has 6 heteroatoms. The van der Waals surface area contributed by atoms with E-state index in [9.17, 15) is 0 Å². The summed E-state index contributed by atoms with van der Waals surface area (Å²) >= 11 is 1.53. The van der Waals surface area contributed by atoms with Gasteiger partial charge in [0.05, 0.1) is 5.69 Å². The minimum absolute atomic E-state index is 0.0720. The molecule has 1 heterocycles. The molecule has 1 rings (SSSR count). The molecule has 0 saturated carbocycles. The minimum Gasteiger partial charge on any atom is -0.370 e. The smallest absolute Gasteiger partial charge is 0.192 e. The fraction of sp³-hybridized carbons (Fsp3) is 0.556. The zero-order valence-electron chi connectivity index (χ0n) is 8.84. The number of rotatable bonds is 5.